The average Bonchev–Trinajstić information content (AvgIpc) is 2.42. The summed E-state index contributed by atoms with van der Waals surface area (Å²) in [4.78, 5) is 13.8. The number of aliphatic hydroxyl groups is 1. The van der Waals surface area contributed by atoms with E-state index in [4.69, 9.17) is 9.84 Å². The van der Waals surface area contributed by atoms with Crippen LogP contribution in [0.25, 0.3) is 0 Å². The summed E-state index contributed by atoms with van der Waals surface area (Å²) < 4.78 is 5.29. The lowest BCUT2D eigenvalue weighted by Gasteiger charge is -2.32. The molecule has 2 amide bonds. The Hall–Kier alpha value is -0.850. The smallest absolute Gasteiger partial charge is 0.314 e. The van der Waals surface area contributed by atoms with Crippen LogP contribution in [0.5, 0.6) is 0 Å². The van der Waals surface area contributed by atoms with E-state index in [1.165, 1.54) is 0 Å². The Kier molecular flexibility index (Phi) is 7.00. The fourth-order valence-corrected chi connectivity index (χ4v) is 1.78. The van der Waals surface area contributed by atoms with Gasteiger partial charge in [0.15, 0.2) is 0 Å². The summed E-state index contributed by atoms with van der Waals surface area (Å²) in [5, 5.41) is 14.4. The molecule has 1 heterocycles. The first-order valence-corrected chi connectivity index (χ1v) is 6.57. The number of carbonyl (C=O) groups is 1. The summed E-state index contributed by atoms with van der Waals surface area (Å²) in [6, 6.07) is 0.144. The van der Waals surface area contributed by atoms with Gasteiger partial charge in [-0.05, 0) is 12.8 Å². The van der Waals surface area contributed by atoms with Crippen LogP contribution in [0.15, 0.2) is 0 Å². The molecule has 0 aromatic rings. The van der Waals surface area contributed by atoms with Gasteiger partial charge < -0.3 is 20.5 Å². The third kappa shape index (κ3) is 5.66. The van der Waals surface area contributed by atoms with Crippen molar-refractivity contribution in [2.45, 2.75) is 19.9 Å². The lowest BCUT2D eigenvalue weighted by Crippen LogP contribution is -2.49. The molecule has 1 aliphatic heterocycles. The Balaban J connectivity index is 2.12. The quantitative estimate of drug-likeness (QED) is 0.609. The van der Waals surface area contributed by atoms with E-state index in [-0.39, 0.29) is 18.6 Å². The fourth-order valence-electron chi connectivity index (χ4n) is 1.78. The number of hydrogen-bond acceptors (Lipinski definition) is 4. The zero-order valence-corrected chi connectivity index (χ0v) is 11.3. The molecule has 1 rings (SSSR count). The first-order valence-electron chi connectivity index (χ1n) is 6.57. The van der Waals surface area contributed by atoms with Crippen LogP contribution in [0, 0.1) is 5.92 Å². The van der Waals surface area contributed by atoms with Gasteiger partial charge in [0.05, 0.1) is 13.2 Å². The van der Waals surface area contributed by atoms with Crippen molar-refractivity contribution >= 4 is 6.03 Å². The largest absolute Gasteiger partial charge is 0.396 e. The molecular weight excluding hydrogens is 234 g/mol. The van der Waals surface area contributed by atoms with Crippen LogP contribution < -0.4 is 10.6 Å². The van der Waals surface area contributed by atoms with Gasteiger partial charge in [-0.1, -0.05) is 6.92 Å². The van der Waals surface area contributed by atoms with Crippen molar-refractivity contribution in [1.82, 2.24) is 15.5 Å². The molecule has 6 heteroatoms. The van der Waals surface area contributed by atoms with Crippen LogP contribution in [0.1, 0.15) is 13.8 Å². The van der Waals surface area contributed by atoms with E-state index < -0.39 is 0 Å². The Labute approximate surface area is 109 Å². The molecule has 0 saturated carbocycles. The zero-order chi connectivity index (χ0) is 13.4. The molecule has 1 fully saturated rings. The SMILES string of the molecule is CC(CO)CNC(=O)NCC(C)N1CCOCC1. The van der Waals surface area contributed by atoms with E-state index in [0.717, 1.165) is 26.3 Å². The van der Waals surface area contributed by atoms with E-state index in [1.807, 2.05) is 6.92 Å². The van der Waals surface area contributed by atoms with Crippen LogP contribution in [0.4, 0.5) is 4.79 Å². The van der Waals surface area contributed by atoms with E-state index >= 15 is 0 Å². The Morgan fingerprint density at radius 3 is 2.50 bits per heavy atom. The normalized spacial score (nSPS) is 20.2. The fraction of sp³-hybridized carbons (Fsp3) is 0.917. The van der Waals surface area contributed by atoms with Gasteiger partial charge in [0.2, 0.25) is 0 Å². The van der Waals surface area contributed by atoms with Crippen LogP contribution in [0.2, 0.25) is 0 Å². The minimum Gasteiger partial charge on any atom is -0.396 e. The average molecular weight is 259 g/mol. The van der Waals surface area contributed by atoms with Crippen LogP contribution in [0.3, 0.4) is 0 Å². The summed E-state index contributed by atoms with van der Waals surface area (Å²) in [6.45, 7) is 8.57. The summed E-state index contributed by atoms with van der Waals surface area (Å²) in [7, 11) is 0. The number of amides is 2. The number of morpholine rings is 1. The van der Waals surface area contributed by atoms with Gasteiger partial charge in [-0.25, -0.2) is 4.79 Å². The van der Waals surface area contributed by atoms with Crippen LogP contribution >= 0.6 is 0 Å². The van der Waals surface area contributed by atoms with Gasteiger partial charge in [-0.15, -0.1) is 0 Å². The lowest BCUT2D eigenvalue weighted by atomic mass is 10.2. The number of nitrogens with zero attached hydrogens (tertiary/aromatic N) is 1. The molecule has 2 atom stereocenters. The number of hydrogen-bond donors (Lipinski definition) is 3. The summed E-state index contributed by atoms with van der Waals surface area (Å²) in [5.74, 6) is 0.0902. The molecule has 0 spiro atoms. The monoisotopic (exact) mass is 259 g/mol. The van der Waals surface area contributed by atoms with E-state index in [1.54, 1.807) is 0 Å². The second kappa shape index (κ2) is 8.29. The first-order chi connectivity index (χ1) is 8.63. The van der Waals surface area contributed by atoms with E-state index in [0.29, 0.717) is 19.1 Å². The highest BCUT2D eigenvalue weighted by Gasteiger charge is 2.17. The summed E-state index contributed by atoms with van der Waals surface area (Å²) >= 11 is 0. The number of nitrogens with one attached hydrogen (secondary N) is 2. The highest BCUT2D eigenvalue weighted by Crippen LogP contribution is 2.02. The van der Waals surface area contributed by atoms with Crippen molar-refractivity contribution in [3.63, 3.8) is 0 Å². The highest BCUT2D eigenvalue weighted by molar-refractivity contribution is 5.73. The van der Waals surface area contributed by atoms with Gasteiger partial charge in [0.25, 0.3) is 0 Å². The van der Waals surface area contributed by atoms with E-state index in [9.17, 15) is 4.79 Å². The molecule has 0 aliphatic carbocycles. The van der Waals surface area contributed by atoms with Crippen LogP contribution in [-0.2, 0) is 4.74 Å². The van der Waals surface area contributed by atoms with Crippen molar-refractivity contribution in [2.24, 2.45) is 5.92 Å². The van der Waals surface area contributed by atoms with Crippen molar-refractivity contribution in [3.8, 4) is 0 Å². The molecule has 6 nitrogen and oxygen atoms in total. The first kappa shape index (κ1) is 15.2. The van der Waals surface area contributed by atoms with Crippen molar-refractivity contribution in [3.05, 3.63) is 0 Å². The number of carbonyl (C=O) groups excluding carboxylic acids is 1. The highest BCUT2D eigenvalue weighted by atomic mass is 16.5. The third-order valence-corrected chi connectivity index (χ3v) is 3.15. The number of urea groups is 1. The maximum absolute atomic E-state index is 11.5. The van der Waals surface area contributed by atoms with Gasteiger partial charge in [-0.2, -0.15) is 0 Å². The third-order valence-electron chi connectivity index (χ3n) is 3.15. The molecule has 0 aromatic carbocycles. The molecule has 0 bridgehead atoms. The number of aliphatic hydroxyl groups excluding tert-OH is 1. The minimum atomic E-state index is -0.171. The molecule has 1 aliphatic rings. The molecule has 3 N–H and O–H groups in total. The predicted molar refractivity (Wildman–Crippen MR) is 69.5 cm³/mol. The van der Waals surface area contributed by atoms with E-state index in [2.05, 4.69) is 22.5 Å². The molecule has 0 aromatic heterocycles. The van der Waals surface area contributed by atoms with Gasteiger partial charge in [0, 0.05) is 38.8 Å². The van der Waals surface area contributed by atoms with Gasteiger partial charge in [0.1, 0.15) is 0 Å². The van der Waals surface area contributed by atoms with Crippen molar-refractivity contribution in [2.75, 3.05) is 46.0 Å². The second-order valence-corrected chi connectivity index (χ2v) is 4.88. The maximum Gasteiger partial charge on any atom is 0.314 e. The Morgan fingerprint density at radius 1 is 1.28 bits per heavy atom. The summed E-state index contributed by atoms with van der Waals surface area (Å²) in [6.07, 6.45) is 0. The molecule has 1 saturated heterocycles. The molecule has 0 radical (unpaired) electrons. The number of ether oxygens (including phenoxy) is 1. The van der Waals surface area contributed by atoms with Crippen molar-refractivity contribution < 1.29 is 14.6 Å². The van der Waals surface area contributed by atoms with Crippen LogP contribution in [-0.4, -0.2) is 68.1 Å². The molecule has 2 unspecified atom stereocenters. The standard InChI is InChI=1S/C12H25N3O3/c1-10(9-16)7-13-12(17)14-8-11(2)15-3-5-18-6-4-15/h10-11,16H,3-9H2,1-2H3,(H2,13,14,17). The molecular formula is C12H25N3O3. The Bertz CT molecular complexity index is 245. The zero-order valence-electron chi connectivity index (χ0n) is 11.3. The van der Waals surface area contributed by atoms with Crippen molar-refractivity contribution in [1.29, 1.82) is 0 Å². The molecule has 106 valence electrons. The lowest BCUT2D eigenvalue weighted by molar-refractivity contribution is 0.0209. The Morgan fingerprint density at radius 2 is 1.89 bits per heavy atom. The summed E-state index contributed by atoms with van der Waals surface area (Å²) in [5.41, 5.74) is 0. The molecule has 18 heavy (non-hydrogen) atoms. The topological polar surface area (TPSA) is 73.8 Å². The second-order valence-electron chi connectivity index (χ2n) is 4.88. The van der Waals surface area contributed by atoms with Gasteiger partial charge in [-0.3, -0.25) is 4.90 Å². The number of rotatable bonds is 6. The minimum absolute atomic E-state index is 0.0878. The van der Waals surface area contributed by atoms with Gasteiger partial charge >= 0.3 is 6.03 Å². The predicted octanol–water partition coefficient (Wildman–Crippen LogP) is -0.365. The maximum atomic E-state index is 11.5.